The van der Waals surface area contributed by atoms with Crippen LogP contribution in [0.3, 0.4) is 0 Å². The van der Waals surface area contributed by atoms with Crippen molar-refractivity contribution in [3.05, 3.63) is 46.5 Å². The highest BCUT2D eigenvalue weighted by molar-refractivity contribution is 5.99. The first-order valence-corrected chi connectivity index (χ1v) is 9.88. The minimum Gasteiger partial charge on any atom is -0.380 e. The van der Waals surface area contributed by atoms with Crippen molar-refractivity contribution in [2.75, 3.05) is 37.9 Å². The summed E-state index contributed by atoms with van der Waals surface area (Å²) in [5, 5.41) is 13.0. The summed E-state index contributed by atoms with van der Waals surface area (Å²) < 4.78 is 8.67. The Bertz CT molecular complexity index is 1190. The molecule has 0 bridgehead atoms. The monoisotopic (exact) mass is 409 g/mol. The molecule has 1 aliphatic carbocycles. The zero-order chi connectivity index (χ0) is 20.9. The molecule has 3 aromatic rings. The van der Waals surface area contributed by atoms with Gasteiger partial charge in [-0.1, -0.05) is 0 Å². The van der Waals surface area contributed by atoms with Crippen molar-refractivity contribution >= 4 is 28.9 Å². The molecule has 10 nitrogen and oxygen atoms in total. The van der Waals surface area contributed by atoms with Gasteiger partial charge in [-0.3, -0.25) is 9.59 Å². The third-order valence-electron chi connectivity index (χ3n) is 5.98. The molecule has 10 heteroatoms. The first kappa shape index (κ1) is 18.6. The number of hydrogen-bond acceptors (Lipinski definition) is 7. The number of rotatable bonds is 5. The Labute approximate surface area is 172 Å². The fourth-order valence-corrected chi connectivity index (χ4v) is 4.29. The average molecular weight is 409 g/mol. The third kappa shape index (κ3) is 2.83. The SMILES string of the molecule is CNC(=O)c1cnn2c(NC)cc(Nc3cccn(C4CC5(COC5)C4)c3=O)nc12. The van der Waals surface area contributed by atoms with Gasteiger partial charge < -0.3 is 25.3 Å². The van der Waals surface area contributed by atoms with E-state index in [9.17, 15) is 9.59 Å². The van der Waals surface area contributed by atoms with Crippen LogP contribution in [-0.2, 0) is 4.74 Å². The highest BCUT2D eigenvalue weighted by Gasteiger charge is 2.50. The van der Waals surface area contributed by atoms with Crippen LogP contribution in [0.5, 0.6) is 0 Å². The molecule has 1 saturated heterocycles. The van der Waals surface area contributed by atoms with Crippen LogP contribution in [0.2, 0.25) is 0 Å². The second-order valence-corrected chi connectivity index (χ2v) is 7.96. The number of ether oxygens (including phenoxy) is 1. The Morgan fingerprint density at radius 3 is 2.77 bits per heavy atom. The minimum absolute atomic E-state index is 0.0923. The molecule has 1 saturated carbocycles. The fourth-order valence-electron chi connectivity index (χ4n) is 4.29. The van der Waals surface area contributed by atoms with Crippen LogP contribution in [0.4, 0.5) is 17.3 Å². The number of carbonyl (C=O) groups is 1. The fraction of sp³-hybridized carbons (Fsp3) is 0.400. The molecule has 3 N–H and O–H groups in total. The summed E-state index contributed by atoms with van der Waals surface area (Å²) in [7, 11) is 3.31. The lowest BCUT2D eigenvalue weighted by molar-refractivity contribution is -0.174. The number of nitrogens with zero attached hydrogens (tertiary/aromatic N) is 4. The zero-order valence-electron chi connectivity index (χ0n) is 16.8. The van der Waals surface area contributed by atoms with Crippen LogP contribution < -0.4 is 21.5 Å². The van der Waals surface area contributed by atoms with Gasteiger partial charge in [-0.2, -0.15) is 9.61 Å². The van der Waals surface area contributed by atoms with Crippen molar-refractivity contribution in [3.8, 4) is 0 Å². The molecule has 5 rings (SSSR count). The van der Waals surface area contributed by atoms with Gasteiger partial charge in [0.1, 0.15) is 22.9 Å². The van der Waals surface area contributed by atoms with Crippen LogP contribution in [0.15, 0.2) is 35.4 Å². The maximum Gasteiger partial charge on any atom is 0.274 e. The highest BCUT2D eigenvalue weighted by atomic mass is 16.5. The van der Waals surface area contributed by atoms with Crippen molar-refractivity contribution in [2.45, 2.75) is 18.9 Å². The van der Waals surface area contributed by atoms with Gasteiger partial charge >= 0.3 is 0 Å². The topological polar surface area (TPSA) is 115 Å². The number of anilines is 3. The zero-order valence-corrected chi connectivity index (χ0v) is 16.8. The molecule has 30 heavy (non-hydrogen) atoms. The quantitative estimate of drug-likeness (QED) is 0.583. The van der Waals surface area contributed by atoms with Gasteiger partial charge in [0.2, 0.25) is 0 Å². The summed E-state index contributed by atoms with van der Waals surface area (Å²) in [4.78, 5) is 29.7. The van der Waals surface area contributed by atoms with Gasteiger partial charge in [-0.05, 0) is 25.0 Å². The lowest BCUT2D eigenvalue weighted by atomic mass is 9.64. The van der Waals surface area contributed by atoms with E-state index in [-0.39, 0.29) is 22.9 Å². The van der Waals surface area contributed by atoms with E-state index in [4.69, 9.17) is 4.74 Å². The van der Waals surface area contributed by atoms with Gasteiger partial charge in [0.05, 0.1) is 19.4 Å². The van der Waals surface area contributed by atoms with E-state index >= 15 is 0 Å². The second-order valence-electron chi connectivity index (χ2n) is 7.96. The number of aromatic nitrogens is 4. The molecule has 1 amide bonds. The summed E-state index contributed by atoms with van der Waals surface area (Å²) in [5.74, 6) is 0.808. The number of amides is 1. The largest absolute Gasteiger partial charge is 0.380 e. The minimum atomic E-state index is -0.280. The lowest BCUT2D eigenvalue weighted by Gasteiger charge is -2.53. The maximum atomic E-state index is 13.1. The van der Waals surface area contributed by atoms with E-state index < -0.39 is 0 Å². The van der Waals surface area contributed by atoms with Crippen LogP contribution >= 0.6 is 0 Å². The Morgan fingerprint density at radius 1 is 1.30 bits per heavy atom. The van der Waals surface area contributed by atoms with Crippen molar-refractivity contribution in [2.24, 2.45) is 5.41 Å². The summed E-state index contributed by atoms with van der Waals surface area (Å²) in [6, 6.07) is 5.54. The predicted octanol–water partition coefficient (Wildman–Crippen LogP) is 1.39. The van der Waals surface area contributed by atoms with Gasteiger partial charge in [0.25, 0.3) is 11.5 Å². The van der Waals surface area contributed by atoms with Crippen LogP contribution in [0.1, 0.15) is 29.2 Å². The Morgan fingerprint density at radius 2 is 2.10 bits per heavy atom. The van der Waals surface area contributed by atoms with Gasteiger partial charge in [-0.15, -0.1) is 0 Å². The Hall–Kier alpha value is -3.40. The summed E-state index contributed by atoms with van der Waals surface area (Å²) in [5.41, 5.74) is 1.37. The second kappa shape index (κ2) is 6.84. The molecule has 4 heterocycles. The number of fused-ring (bicyclic) bond motifs is 1. The van der Waals surface area contributed by atoms with E-state index in [1.807, 2.05) is 12.3 Å². The average Bonchev–Trinajstić information content (AvgIpc) is 3.11. The maximum absolute atomic E-state index is 13.1. The van der Waals surface area contributed by atoms with Crippen molar-refractivity contribution in [1.29, 1.82) is 0 Å². The van der Waals surface area contributed by atoms with E-state index in [0.717, 1.165) is 26.1 Å². The van der Waals surface area contributed by atoms with Gasteiger partial charge in [0, 0.05) is 37.8 Å². The number of nitrogens with one attached hydrogen (secondary N) is 3. The summed E-state index contributed by atoms with van der Waals surface area (Å²) >= 11 is 0. The molecule has 0 aromatic carbocycles. The predicted molar refractivity (Wildman–Crippen MR) is 111 cm³/mol. The molecule has 0 unspecified atom stereocenters. The number of pyridine rings is 1. The molecular formula is C20H23N7O3. The number of hydrogen-bond donors (Lipinski definition) is 3. The summed E-state index contributed by atoms with van der Waals surface area (Å²) in [6.07, 6.45) is 5.24. The first-order chi connectivity index (χ1) is 14.5. The molecular weight excluding hydrogens is 386 g/mol. The lowest BCUT2D eigenvalue weighted by Crippen LogP contribution is -2.53. The van der Waals surface area contributed by atoms with Crippen LogP contribution in [0.25, 0.3) is 5.65 Å². The standard InChI is InChI=1S/C20H23N7O3/c1-21-16-6-15(25-17-13(18(28)22-2)9-23-27(16)17)24-14-4-3-5-26(19(14)29)12-7-20(8-12)10-30-11-20/h3-6,9,12,21H,7-8,10-11H2,1-2H3,(H,22,28)(H,24,25). The van der Waals surface area contributed by atoms with E-state index in [0.29, 0.717) is 28.5 Å². The normalized spacial score (nSPS) is 17.4. The molecule has 2 fully saturated rings. The summed E-state index contributed by atoms with van der Waals surface area (Å²) in [6.45, 7) is 1.60. The Balaban J connectivity index is 1.47. The van der Waals surface area contributed by atoms with E-state index in [1.54, 1.807) is 35.3 Å². The molecule has 0 radical (unpaired) electrons. The number of carbonyl (C=O) groups excluding carboxylic acids is 1. The van der Waals surface area contributed by atoms with Gasteiger partial charge in [0.15, 0.2) is 5.65 Å². The molecule has 3 aromatic heterocycles. The third-order valence-corrected chi connectivity index (χ3v) is 5.98. The van der Waals surface area contributed by atoms with Crippen LogP contribution in [0, 0.1) is 5.41 Å². The van der Waals surface area contributed by atoms with Crippen molar-refractivity contribution < 1.29 is 9.53 Å². The highest BCUT2D eigenvalue weighted by Crippen LogP contribution is 2.52. The molecule has 2 aliphatic rings. The van der Waals surface area contributed by atoms with Gasteiger partial charge in [-0.25, -0.2) is 4.98 Å². The molecule has 1 aliphatic heterocycles. The van der Waals surface area contributed by atoms with E-state index in [2.05, 4.69) is 26.0 Å². The molecule has 0 atom stereocenters. The molecule has 156 valence electrons. The Kier molecular flexibility index (Phi) is 4.24. The first-order valence-electron chi connectivity index (χ1n) is 9.88. The van der Waals surface area contributed by atoms with Crippen LogP contribution in [-0.4, -0.2) is 52.4 Å². The van der Waals surface area contributed by atoms with Crippen molar-refractivity contribution in [1.82, 2.24) is 24.5 Å². The van der Waals surface area contributed by atoms with E-state index in [1.165, 1.54) is 6.20 Å². The van der Waals surface area contributed by atoms with Crippen molar-refractivity contribution in [3.63, 3.8) is 0 Å². The molecule has 1 spiro atoms. The smallest absolute Gasteiger partial charge is 0.274 e.